The summed E-state index contributed by atoms with van der Waals surface area (Å²) in [5, 5.41) is 5.95. The van der Waals surface area contributed by atoms with Gasteiger partial charge in [-0.25, -0.2) is 8.42 Å². The van der Waals surface area contributed by atoms with Crippen molar-refractivity contribution in [3.63, 3.8) is 0 Å². The van der Waals surface area contributed by atoms with E-state index < -0.39 is 9.84 Å². The molecule has 1 rings (SSSR count). The van der Waals surface area contributed by atoms with Crippen molar-refractivity contribution in [3.8, 4) is 0 Å². The Kier molecular flexibility index (Phi) is 5.16. The maximum Gasteiger partial charge on any atom is 0.221 e. The van der Waals surface area contributed by atoms with Crippen molar-refractivity contribution in [3.05, 3.63) is 0 Å². The topological polar surface area (TPSA) is 75.3 Å². The molecule has 0 saturated carbocycles. The highest BCUT2D eigenvalue weighted by atomic mass is 32.2. The quantitative estimate of drug-likeness (QED) is 0.758. The Bertz CT molecular complexity index is 390. The summed E-state index contributed by atoms with van der Waals surface area (Å²) in [6.45, 7) is 7.34. The van der Waals surface area contributed by atoms with E-state index in [9.17, 15) is 13.2 Å². The summed E-state index contributed by atoms with van der Waals surface area (Å²) in [4.78, 5) is 11.7. The SMILES string of the molecule is CCC(C)(C)CNC(=O)CC1CS(=O)(=O)CCN1. The number of carbonyl (C=O) groups excluding carboxylic acids is 1. The molecule has 0 aromatic carbocycles. The van der Waals surface area contributed by atoms with Gasteiger partial charge in [-0.2, -0.15) is 0 Å². The van der Waals surface area contributed by atoms with Crippen LogP contribution in [-0.4, -0.2) is 45.0 Å². The molecule has 106 valence electrons. The van der Waals surface area contributed by atoms with E-state index in [1.807, 2.05) is 0 Å². The summed E-state index contributed by atoms with van der Waals surface area (Å²) >= 11 is 0. The van der Waals surface area contributed by atoms with Crippen LogP contribution in [0.3, 0.4) is 0 Å². The first-order valence-electron chi connectivity index (χ1n) is 6.44. The second-order valence-corrected chi connectivity index (χ2v) is 7.99. The fraction of sp³-hybridized carbons (Fsp3) is 0.917. The minimum absolute atomic E-state index is 0.0671. The second-order valence-electron chi connectivity index (χ2n) is 5.76. The molecule has 0 aromatic rings. The van der Waals surface area contributed by atoms with Crippen molar-refractivity contribution in [2.24, 2.45) is 5.41 Å². The highest BCUT2D eigenvalue weighted by Gasteiger charge is 2.26. The Morgan fingerprint density at radius 1 is 1.44 bits per heavy atom. The van der Waals surface area contributed by atoms with Crippen LogP contribution in [0, 0.1) is 5.41 Å². The highest BCUT2D eigenvalue weighted by Crippen LogP contribution is 2.17. The number of sulfone groups is 1. The monoisotopic (exact) mass is 276 g/mol. The van der Waals surface area contributed by atoms with Gasteiger partial charge in [-0.1, -0.05) is 20.8 Å². The van der Waals surface area contributed by atoms with Crippen LogP contribution in [0.4, 0.5) is 0 Å². The van der Waals surface area contributed by atoms with E-state index in [2.05, 4.69) is 31.4 Å². The molecule has 1 saturated heterocycles. The van der Waals surface area contributed by atoms with E-state index in [-0.39, 0.29) is 35.3 Å². The molecule has 0 aromatic heterocycles. The molecule has 1 amide bonds. The van der Waals surface area contributed by atoms with Crippen LogP contribution in [0.1, 0.15) is 33.6 Å². The molecule has 0 spiro atoms. The van der Waals surface area contributed by atoms with Crippen LogP contribution < -0.4 is 10.6 Å². The van der Waals surface area contributed by atoms with E-state index in [0.29, 0.717) is 13.1 Å². The van der Waals surface area contributed by atoms with E-state index in [1.54, 1.807) is 0 Å². The van der Waals surface area contributed by atoms with E-state index in [1.165, 1.54) is 0 Å². The Labute approximate surface area is 110 Å². The molecule has 0 radical (unpaired) electrons. The second kappa shape index (κ2) is 6.02. The van der Waals surface area contributed by atoms with Crippen LogP contribution in [0.25, 0.3) is 0 Å². The van der Waals surface area contributed by atoms with Gasteiger partial charge >= 0.3 is 0 Å². The molecule has 5 nitrogen and oxygen atoms in total. The van der Waals surface area contributed by atoms with Crippen molar-refractivity contribution < 1.29 is 13.2 Å². The predicted octanol–water partition coefficient (Wildman–Crippen LogP) is 0.316. The lowest BCUT2D eigenvalue weighted by Crippen LogP contribution is -2.47. The normalized spacial score (nSPS) is 23.6. The molecule has 1 fully saturated rings. The largest absolute Gasteiger partial charge is 0.356 e. The van der Waals surface area contributed by atoms with Gasteiger partial charge in [-0.05, 0) is 11.8 Å². The molecular formula is C12H24N2O3S. The van der Waals surface area contributed by atoms with Crippen LogP contribution in [-0.2, 0) is 14.6 Å². The fourth-order valence-corrected chi connectivity index (χ4v) is 3.20. The zero-order chi connectivity index (χ0) is 13.8. The summed E-state index contributed by atoms with van der Waals surface area (Å²) < 4.78 is 22.9. The van der Waals surface area contributed by atoms with Gasteiger partial charge in [-0.15, -0.1) is 0 Å². The van der Waals surface area contributed by atoms with E-state index in [0.717, 1.165) is 6.42 Å². The summed E-state index contributed by atoms with van der Waals surface area (Å²) in [6.07, 6.45) is 1.22. The third kappa shape index (κ3) is 5.35. The van der Waals surface area contributed by atoms with Gasteiger partial charge in [0.25, 0.3) is 0 Å². The minimum Gasteiger partial charge on any atom is -0.356 e. The highest BCUT2D eigenvalue weighted by molar-refractivity contribution is 7.91. The summed E-state index contributed by atoms with van der Waals surface area (Å²) in [5.41, 5.74) is 0.0850. The van der Waals surface area contributed by atoms with Crippen molar-refractivity contribution in [2.45, 2.75) is 39.7 Å². The first-order chi connectivity index (χ1) is 8.24. The Morgan fingerprint density at radius 2 is 2.11 bits per heavy atom. The molecule has 1 aliphatic rings. The van der Waals surface area contributed by atoms with Gasteiger partial charge < -0.3 is 10.6 Å². The summed E-state index contributed by atoms with van der Waals surface area (Å²) in [6, 6.07) is -0.242. The number of nitrogens with one attached hydrogen (secondary N) is 2. The van der Waals surface area contributed by atoms with Crippen LogP contribution in [0.15, 0.2) is 0 Å². The van der Waals surface area contributed by atoms with Crippen molar-refractivity contribution in [2.75, 3.05) is 24.6 Å². The molecule has 6 heteroatoms. The number of rotatable bonds is 5. The molecule has 0 aliphatic carbocycles. The van der Waals surface area contributed by atoms with Gasteiger partial charge in [0, 0.05) is 25.6 Å². The average molecular weight is 276 g/mol. The first kappa shape index (κ1) is 15.4. The van der Waals surface area contributed by atoms with Crippen molar-refractivity contribution in [1.29, 1.82) is 0 Å². The third-order valence-corrected chi connectivity index (χ3v) is 5.19. The van der Waals surface area contributed by atoms with Gasteiger partial charge in [0.15, 0.2) is 9.84 Å². The molecule has 0 bridgehead atoms. The first-order valence-corrected chi connectivity index (χ1v) is 8.27. The third-order valence-electron chi connectivity index (χ3n) is 3.45. The standard InChI is InChI=1S/C12H24N2O3S/c1-4-12(2,3)9-14-11(15)7-10-8-18(16,17)6-5-13-10/h10,13H,4-9H2,1-3H3,(H,14,15). The number of hydrogen-bond donors (Lipinski definition) is 2. The van der Waals surface area contributed by atoms with Crippen LogP contribution >= 0.6 is 0 Å². The predicted molar refractivity (Wildman–Crippen MR) is 72.1 cm³/mol. The maximum atomic E-state index is 11.7. The van der Waals surface area contributed by atoms with Gasteiger partial charge in [-0.3, -0.25) is 4.79 Å². The van der Waals surface area contributed by atoms with Gasteiger partial charge in [0.2, 0.25) is 5.91 Å². The Hall–Kier alpha value is -0.620. The number of hydrogen-bond acceptors (Lipinski definition) is 4. The van der Waals surface area contributed by atoms with Crippen LogP contribution in [0.2, 0.25) is 0 Å². The molecular weight excluding hydrogens is 252 g/mol. The Balaban J connectivity index is 2.37. The molecule has 1 heterocycles. The lowest BCUT2D eigenvalue weighted by molar-refractivity contribution is -0.121. The zero-order valence-electron chi connectivity index (χ0n) is 11.5. The number of carbonyl (C=O) groups is 1. The smallest absolute Gasteiger partial charge is 0.221 e. The van der Waals surface area contributed by atoms with E-state index >= 15 is 0 Å². The summed E-state index contributed by atoms with van der Waals surface area (Å²) in [5.74, 6) is 0.164. The summed E-state index contributed by atoms with van der Waals surface area (Å²) in [7, 11) is -2.97. The average Bonchev–Trinajstić information content (AvgIpc) is 2.25. The van der Waals surface area contributed by atoms with Gasteiger partial charge in [0.05, 0.1) is 11.5 Å². The minimum atomic E-state index is -2.97. The zero-order valence-corrected chi connectivity index (χ0v) is 12.3. The molecule has 2 N–H and O–H groups in total. The van der Waals surface area contributed by atoms with Crippen molar-refractivity contribution >= 4 is 15.7 Å². The van der Waals surface area contributed by atoms with Crippen molar-refractivity contribution in [1.82, 2.24) is 10.6 Å². The Morgan fingerprint density at radius 3 is 2.67 bits per heavy atom. The molecule has 1 atom stereocenters. The van der Waals surface area contributed by atoms with E-state index in [4.69, 9.17) is 0 Å². The lowest BCUT2D eigenvalue weighted by atomic mass is 9.90. The molecule has 1 unspecified atom stereocenters. The number of amides is 1. The van der Waals surface area contributed by atoms with Crippen LogP contribution in [0.5, 0.6) is 0 Å². The maximum absolute atomic E-state index is 11.7. The molecule has 18 heavy (non-hydrogen) atoms. The molecule has 1 aliphatic heterocycles. The van der Waals surface area contributed by atoms with Gasteiger partial charge in [0.1, 0.15) is 0 Å². The lowest BCUT2D eigenvalue weighted by Gasteiger charge is -2.25. The fourth-order valence-electron chi connectivity index (χ4n) is 1.76.